The summed E-state index contributed by atoms with van der Waals surface area (Å²) < 4.78 is 6.35. The number of piperazine rings is 1. The van der Waals surface area contributed by atoms with Crippen molar-refractivity contribution in [3.63, 3.8) is 0 Å². The van der Waals surface area contributed by atoms with Gasteiger partial charge in [0.15, 0.2) is 0 Å². The number of likely N-dealkylation sites (N-methyl/N-ethyl adjacent to an activating group) is 1. The van der Waals surface area contributed by atoms with E-state index in [9.17, 15) is 4.79 Å². The smallest absolute Gasteiger partial charge is 0.318 e. The Labute approximate surface area is 226 Å². The standard InChI is InChI=1S/C31H41N5O2/c1-5-28(37)35-18-22(3)36(19-21(35)2)29-25-13-15-31(14-12-23-9-6-7-11-26(23)31)17-27(25)32-30(33-29)38-20-24-10-8-16-34(24)4/h5-7,9,11,21-22,24H,1,8,10,12-20H2,2-4H3/t21-,22+,24+,31?/m1/s1. The van der Waals surface area contributed by atoms with Crippen molar-refractivity contribution in [1.82, 2.24) is 19.8 Å². The Bertz CT molecular complexity index is 1230. The van der Waals surface area contributed by atoms with Gasteiger partial charge in [0.2, 0.25) is 5.91 Å². The number of fused-ring (bicyclic) bond motifs is 3. The van der Waals surface area contributed by atoms with Crippen molar-refractivity contribution < 1.29 is 9.53 Å². The first kappa shape index (κ1) is 25.4. The predicted octanol–water partition coefficient (Wildman–Crippen LogP) is 3.93. The number of hydrogen-bond acceptors (Lipinski definition) is 6. The molecule has 202 valence electrons. The highest BCUT2D eigenvalue weighted by Gasteiger charge is 2.43. The summed E-state index contributed by atoms with van der Waals surface area (Å²) in [5, 5.41) is 0. The van der Waals surface area contributed by atoms with Gasteiger partial charge in [0.1, 0.15) is 12.4 Å². The Morgan fingerprint density at radius 3 is 2.76 bits per heavy atom. The third-order valence-electron chi connectivity index (χ3n) is 9.66. The molecule has 6 rings (SSSR count). The van der Waals surface area contributed by atoms with Gasteiger partial charge in [-0.2, -0.15) is 9.97 Å². The topological polar surface area (TPSA) is 61.8 Å². The van der Waals surface area contributed by atoms with Crippen LogP contribution in [0.15, 0.2) is 36.9 Å². The monoisotopic (exact) mass is 515 g/mol. The number of benzene rings is 1. The van der Waals surface area contributed by atoms with E-state index in [1.807, 2.05) is 4.90 Å². The van der Waals surface area contributed by atoms with Crippen LogP contribution in [0.2, 0.25) is 0 Å². The molecule has 0 bridgehead atoms. The lowest BCUT2D eigenvalue weighted by molar-refractivity contribution is -0.128. The van der Waals surface area contributed by atoms with Crippen LogP contribution in [0, 0.1) is 0 Å². The zero-order valence-corrected chi connectivity index (χ0v) is 23.2. The van der Waals surface area contributed by atoms with Crippen LogP contribution in [0.5, 0.6) is 6.01 Å². The van der Waals surface area contributed by atoms with Crippen LogP contribution in [-0.2, 0) is 29.5 Å². The Kier molecular flexibility index (Phi) is 6.67. The molecule has 2 saturated heterocycles. The quantitative estimate of drug-likeness (QED) is 0.563. The lowest BCUT2D eigenvalue weighted by atomic mass is 9.69. The number of anilines is 1. The van der Waals surface area contributed by atoms with Gasteiger partial charge in [0.25, 0.3) is 0 Å². The second-order valence-corrected chi connectivity index (χ2v) is 12.0. The molecule has 0 radical (unpaired) electrons. The summed E-state index contributed by atoms with van der Waals surface area (Å²) >= 11 is 0. The van der Waals surface area contributed by atoms with Crippen LogP contribution >= 0.6 is 0 Å². The second kappa shape index (κ2) is 9.99. The maximum Gasteiger partial charge on any atom is 0.318 e. The van der Waals surface area contributed by atoms with Crippen LogP contribution in [0.25, 0.3) is 0 Å². The number of carbonyl (C=O) groups is 1. The molecule has 2 fully saturated rings. The average Bonchev–Trinajstić information content (AvgIpc) is 3.50. The predicted molar refractivity (Wildman–Crippen MR) is 150 cm³/mol. The number of ether oxygens (including phenoxy) is 1. The second-order valence-electron chi connectivity index (χ2n) is 12.0. The van der Waals surface area contributed by atoms with Crippen LogP contribution in [0.3, 0.4) is 0 Å². The molecule has 4 aliphatic rings. The molecule has 4 atom stereocenters. The van der Waals surface area contributed by atoms with Gasteiger partial charge >= 0.3 is 6.01 Å². The molecule has 7 heteroatoms. The fourth-order valence-electron chi connectivity index (χ4n) is 7.39. The van der Waals surface area contributed by atoms with E-state index < -0.39 is 0 Å². The minimum atomic E-state index is 0.000243. The number of carbonyl (C=O) groups excluding carboxylic acids is 1. The fourth-order valence-corrected chi connectivity index (χ4v) is 7.39. The van der Waals surface area contributed by atoms with E-state index >= 15 is 0 Å². The zero-order chi connectivity index (χ0) is 26.4. The molecule has 38 heavy (non-hydrogen) atoms. The van der Waals surface area contributed by atoms with Gasteiger partial charge in [-0.05, 0) is 89.6 Å². The maximum absolute atomic E-state index is 12.5. The van der Waals surface area contributed by atoms with Crippen molar-refractivity contribution in [2.75, 3.05) is 38.2 Å². The Morgan fingerprint density at radius 2 is 1.97 bits per heavy atom. The number of nitrogens with zero attached hydrogens (tertiary/aromatic N) is 5. The normalized spacial score (nSPS) is 28.9. The number of rotatable bonds is 5. The van der Waals surface area contributed by atoms with Crippen molar-refractivity contribution in [2.45, 2.75) is 82.3 Å². The van der Waals surface area contributed by atoms with Gasteiger partial charge in [0, 0.05) is 42.2 Å². The number of aryl methyl sites for hydroxylation is 1. The molecule has 1 amide bonds. The highest BCUT2D eigenvalue weighted by molar-refractivity contribution is 5.87. The van der Waals surface area contributed by atoms with Crippen molar-refractivity contribution in [3.8, 4) is 6.01 Å². The van der Waals surface area contributed by atoms with Gasteiger partial charge in [0.05, 0.1) is 5.69 Å². The molecule has 1 unspecified atom stereocenters. The van der Waals surface area contributed by atoms with Crippen LogP contribution in [-0.4, -0.2) is 77.1 Å². The summed E-state index contributed by atoms with van der Waals surface area (Å²) in [5.41, 5.74) is 5.59. The highest BCUT2D eigenvalue weighted by atomic mass is 16.5. The first-order valence-electron chi connectivity index (χ1n) is 14.4. The van der Waals surface area contributed by atoms with E-state index in [0.29, 0.717) is 25.2 Å². The number of likely N-dealkylation sites (tertiary alicyclic amines) is 1. The molecule has 1 aromatic carbocycles. The van der Waals surface area contributed by atoms with Crippen molar-refractivity contribution >= 4 is 11.7 Å². The van der Waals surface area contributed by atoms with Gasteiger partial charge < -0.3 is 19.4 Å². The van der Waals surface area contributed by atoms with E-state index in [1.165, 1.54) is 35.6 Å². The fraction of sp³-hybridized carbons (Fsp3) is 0.581. The van der Waals surface area contributed by atoms with E-state index in [1.54, 1.807) is 0 Å². The lowest BCUT2D eigenvalue weighted by Gasteiger charge is -2.45. The van der Waals surface area contributed by atoms with E-state index in [-0.39, 0.29) is 23.4 Å². The SMILES string of the molecule is C=CC(=O)N1C[C@H](C)N(c2nc(OC[C@@H]3CCCN3C)nc3c2CCC2(CCc4ccccc42)C3)C[C@H]1C. The maximum atomic E-state index is 12.5. The molecule has 1 spiro atoms. The molecular formula is C31H41N5O2. The molecule has 1 aromatic heterocycles. The number of aromatic nitrogens is 2. The average molecular weight is 516 g/mol. The van der Waals surface area contributed by atoms with Crippen LogP contribution in [0.4, 0.5) is 5.82 Å². The first-order valence-corrected chi connectivity index (χ1v) is 14.4. The van der Waals surface area contributed by atoms with Gasteiger partial charge in [-0.25, -0.2) is 0 Å². The molecule has 7 nitrogen and oxygen atoms in total. The molecule has 0 N–H and O–H groups in total. The molecule has 3 heterocycles. The van der Waals surface area contributed by atoms with E-state index in [0.717, 1.165) is 56.7 Å². The third-order valence-corrected chi connectivity index (χ3v) is 9.66. The zero-order valence-electron chi connectivity index (χ0n) is 23.2. The largest absolute Gasteiger partial charge is 0.462 e. The van der Waals surface area contributed by atoms with Gasteiger partial charge in [-0.15, -0.1) is 0 Å². The molecule has 0 saturated carbocycles. The van der Waals surface area contributed by atoms with E-state index in [2.05, 4.69) is 61.5 Å². The summed E-state index contributed by atoms with van der Waals surface area (Å²) in [7, 11) is 2.18. The molecular weight excluding hydrogens is 474 g/mol. The van der Waals surface area contributed by atoms with Crippen LogP contribution < -0.4 is 9.64 Å². The van der Waals surface area contributed by atoms with Crippen LogP contribution in [0.1, 0.15) is 61.9 Å². The number of amides is 1. The third kappa shape index (κ3) is 4.39. The minimum absolute atomic E-state index is 0.000243. The molecule has 2 aliphatic heterocycles. The van der Waals surface area contributed by atoms with Crippen molar-refractivity contribution in [3.05, 3.63) is 59.3 Å². The summed E-state index contributed by atoms with van der Waals surface area (Å²) in [6.07, 6.45) is 9.16. The van der Waals surface area contributed by atoms with Gasteiger partial charge in [-0.3, -0.25) is 4.79 Å². The molecule has 2 aliphatic carbocycles. The first-order chi connectivity index (χ1) is 18.4. The van der Waals surface area contributed by atoms with E-state index in [4.69, 9.17) is 14.7 Å². The highest BCUT2D eigenvalue weighted by Crippen LogP contribution is 2.48. The Balaban J connectivity index is 1.34. The summed E-state index contributed by atoms with van der Waals surface area (Å²) in [5.74, 6) is 1.01. The Hall–Kier alpha value is -2.93. The van der Waals surface area contributed by atoms with Crippen molar-refractivity contribution in [2.24, 2.45) is 0 Å². The summed E-state index contributed by atoms with van der Waals surface area (Å²) in [6.45, 7) is 11.2. The number of hydrogen-bond donors (Lipinski definition) is 0. The Morgan fingerprint density at radius 1 is 1.16 bits per heavy atom. The van der Waals surface area contributed by atoms with Gasteiger partial charge in [-0.1, -0.05) is 30.8 Å². The lowest BCUT2D eigenvalue weighted by Crippen LogP contribution is -2.58. The summed E-state index contributed by atoms with van der Waals surface area (Å²) in [6, 6.07) is 10.1. The van der Waals surface area contributed by atoms with Crippen molar-refractivity contribution in [1.29, 1.82) is 0 Å². The molecule has 2 aromatic rings. The summed E-state index contributed by atoms with van der Waals surface area (Å²) in [4.78, 5) is 29.4. The minimum Gasteiger partial charge on any atom is -0.462 e.